The predicted octanol–water partition coefficient (Wildman–Crippen LogP) is 4.06. The molecule has 168 valence electrons. The number of rotatable bonds is 7. The quantitative estimate of drug-likeness (QED) is 0.588. The van der Waals surface area contributed by atoms with Crippen LogP contribution in [0.2, 0.25) is 0 Å². The first-order chi connectivity index (χ1) is 15.6. The Bertz CT molecular complexity index is 1130. The molecular formula is C25H30N4O3. The Morgan fingerprint density at radius 2 is 2.03 bits per heavy atom. The Morgan fingerprint density at radius 1 is 1.22 bits per heavy atom. The van der Waals surface area contributed by atoms with Gasteiger partial charge in [-0.25, -0.2) is 4.79 Å². The second kappa shape index (κ2) is 9.87. The van der Waals surface area contributed by atoms with Crippen LogP contribution in [0.3, 0.4) is 0 Å². The normalized spacial score (nSPS) is 16.2. The lowest BCUT2D eigenvalue weighted by atomic mass is 10.1. The number of likely N-dealkylation sites (tertiary alicyclic amines) is 1. The summed E-state index contributed by atoms with van der Waals surface area (Å²) in [6.45, 7) is 4.95. The van der Waals surface area contributed by atoms with Gasteiger partial charge in [0.15, 0.2) is 0 Å². The molecular weight excluding hydrogens is 404 g/mol. The Labute approximate surface area is 188 Å². The van der Waals surface area contributed by atoms with Gasteiger partial charge < -0.3 is 19.9 Å². The number of likely N-dealkylation sites (N-methyl/N-ethyl adjacent to an activating group) is 1. The molecule has 0 aliphatic carbocycles. The Morgan fingerprint density at radius 3 is 2.78 bits per heavy atom. The van der Waals surface area contributed by atoms with Crippen molar-refractivity contribution in [2.75, 3.05) is 32.1 Å². The van der Waals surface area contributed by atoms with Crippen LogP contribution in [0, 0.1) is 0 Å². The van der Waals surface area contributed by atoms with Gasteiger partial charge in [-0.05, 0) is 62.3 Å². The zero-order valence-electron chi connectivity index (χ0n) is 18.6. The number of carbonyl (C=O) groups excluding carboxylic acids is 1. The van der Waals surface area contributed by atoms with Gasteiger partial charge in [0.2, 0.25) is 0 Å². The molecule has 0 radical (unpaired) electrons. The van der Waals surface area contributed by atoms with Crippen LogP contribution in [0.1, 0.15) is 25.3 Å². The summed E-state index contributed by atoms with van der Waals surface area (Å²) >= 11 is 0. The van der Waals surface area contributed by atoms with Gasteiger partial charge in [-0.3, -0.25) is 9.69 Å². The van der Waals surface area contributed by atoms with Gasteiger partial charge in [0, 0.05) is 34.7 Å². The number of methoxy groups -OCH3 is 1. The molecule has 2 heterocycles. The first-order valence-corrected chi connectivity index (χ1v) is 11.1. The molecule has 1 fully saturated rings. The number of ether oxygens (including phenoxy) is 1. The lowest BCUT2D eigenvalue weighted by molar-refractivity contribution is 0.174. The Balaban J connectivity index is 1.62. The number of nitrogens with one attached hydrogen (secondary N) is 2. The molecule has 7 heteroatoms. The molecule has 1 aliphatic rings. The highest BCUT2D eigenvalue weighted by Gasteiger charge is 2.27. The van der Waals surface area contributed by atoms with Crippen molar-refractivity contribution in [3.8, 4) is 5.75 Å². The molecule has 4 rings (SSSR count). The van der Waals surface area contributed by atoms with E-state index in [9.17, 15) is 9.59 Å². The molecule has 0 saturated carbocycles. The zero-order valence-corrected chi connectivity index (χ0v) is 18.6. The number of aromatic amines is 1. The van der Waals surface area contributed by atoms with E-state index in [1.54, 1.807) is 12.0 Å². The molecule has 1 aromatic heterocycles. The first-order valence-electron chi connectivity index (χ1n) is 11.1. The average Bonchev–Trinajstić information content (AvgIpc) is 3.26. The van der Waals surface area contributed by atoms with Crippen molar-refractivity contribution in [2.24, 2.45) is 0 Å². The molecule has 7 nitrogen and oxygen atoms in total. The maximum absolute atomic E-state index is 13.2. The Kier molecular flexibility index (Phi) is 6.75. The fraction of sp³-hybridized carbons (Fsp3) is 0.360. The molecule has 2 N–H and O–H groups in total. The number of carbonyl (C=O) groups is 1. The van der Waals surface area contributed by atoms with Crippen molar-refractivity contribution in [3.05, 3.63) is 70.5 Å². The monoisotopic (exact) mass is 434 g/mol. The molecule has 0 spiro atoms. The van der Waals surface area contributed by atoms with Crippen LogP contribution in [-0.2, 0) is 6.54 Å². The van der Waals surface area contributed by atoms with Gasteiger partial charge in [-0.2, -0.15) is 0 Å². The average molecular weight is 435 g/mol. The third kappa shape index (κ3) is 4.94. The summed E-state index contributed by atoms with van der Waals surface area (Å²) in [6.07, 6.45) is 2.18. The van der Waals surface area contributed by atoms with Crippen molar-refractivity contribution in [2.45, 2.75) is 32.4 Å². The van der Waals surface area contributed by atoms with Crippen LogP contribution in [0.4, 0.5) is 10.5 Å². The molecule has 1 saturated heterocycles. The maximum atomic E-state index is 13.2. The molecule has 2 amide bonds. The highest BCUT2D eigenvalue weighted by atomic mass is 16.5. The van der Waals surface area contributed by atoms with Crippen LogP contribution in [0.15, 0.2) is 59.4 Å². The molecule has 32 heavy (non-hydrogen) atoms. The summed E-state index contributed by atoms with van der Waals surface area (Å²) in [6, 6.07) is 16.9. The van der Waals surface area contributed by atoms with Gasteiger partial charge >= 0.3 is 6.03 Å². The molecule has 1 aliphatic heterocycles. The SMILES string of the molecule is CCN1CCC[C@@H]1CN(Cc1cc2cc(OC)ccc2[nH]c1=O)C(=O)Nc1ccccc1. The predicted molar refractivity (Wildman–Crippen MR) is 127 cm³/mol. The Hall–Kier alpha value is -3.32. The lowest BCUT2D eigenvalue weighted by Gasteiger charge is -2.30. The second-order valence-electron chi connectivity index (χ2n) is 8.18. The second-order valence-corrected chi connectivity index (χ2v) is 8.18. The van der Waals surface area contributed by atoms with E-state index in [0.29, 0.717) is 18.2 Å². The lowest BCUT2D eigenvalue weighted by Crippen LogP contribution is -2.45. The minimum atomic E-state index is -0.204. The molecule has 0 bridgehead atoms. The smallest absolute Gasteiger partial charge is 0.322 e. The number of pyridine rings is 1. The number of benzene rings is 2. The number of nitrogens with zero attached hydrogens (tertiary/aromatic N) is 2. The number of anilines is 1. The maximum Gasteiger partial charge on any atom is 0.322 e. The number of amides is 2. The van der Waals surface area contributed by atoms with Crippen LogP contribution >= 0.6 is 0 Å². The van der Waals surface area contributed by atoms with E-state index in [1.165, 1.54) is 0 Å². The van der Waals surface area contributed by atoms with E-state index in [-0.39, 0.29) is 18.1 Å². The first kappa shape index (κ1) is 21.9. The summed E-state index contributed by atoms with van der Waals surface area (Å²) in [4.78, 5) is 33.1. The van der Waals surface area contributed by atoms with Gasteiger partial charge in [0.25, 0.3) is 5.56 Å². The van der Waals surface area contributed by atoms with Crippen molar-refractivity contribution >= 4 is 22.6 Å². The molecule has 3 aromatic rings. The van der Waals surface area contributed by atoms with E-state index >= 15 is 0 Å². The highest BCUT2D eigenvalue weighted by molar-refractivity contribution is 5.89. The molecule has 2 aromatic carbocycles. The van der Waals surface area contributed by atoms with E-state index in [1.807, 2.05) is 54.6 Å². The van der Waals surface area contributed by atoms with Gasteiger partial charge in [-0.15, -0.1) is 0 Å². The van der Waals surface area contributed by atoms with E-state index < -0.39 is 0 Å². The van der Waals surface area contributed by atoms with Crippen molar-refractivity contribution in [3.63, 3.8) is 0 Å². The van der Waals surface area contributed by atoms with Gasteiger partial charge in [-0.1, -0.05) is 25.1 Å². The van der Waals surface area contributed by atoms with E-state index in [0.717, 1.165) is 48.3 Å². The van der Waals surface area contributed by atoms with Crippen LogP contribution < -0.4 is 15.6 Å². The number of para-hydroxylation sites is 1. The van der Waals surface area contributed by atoms with Crippen LogP contribution in [0.25, 0.3) is 10.9 Å². The number of fused-ring (bicyclic) bond motifs is 1. The van der Waals surface area contributed by atoms with E-state index in [2.05, 4.69) is 22.1 Å². The van der Waals surface area contributed by atoms with E-state index in [4.69, 9.17) is 4.74 Å². The standard InChI is InChI=1S/C25H30N4O3/c1-3-28-13-7-10-21(28)17-29(25(31)26-20-8-5-4-6-9-20)16-19-14-18-15-22(32-2)11-12-23(18)27-24(19)30/h4-6,8-9,11-12,14-15,21H,3,7,10,13,16-17H2,1-2H3,(H,26,31)(H,27,30)/t21-/m1/s1. The minimum absolute atomic E-state index is 0.182. The fourth-order valence-electron chi connectivity index (χ4n) is 4.40. The zero-order chi connectivity index (χ0) is 22.5. The number of aromatic nitrogens is 1. The third-order valence-electron chi connectivity index (χ3n) is 6.14. The van der Waals surface area contributed by atoms with Crippen molar-refractivity contribution < 1.29 is 9.53 Å². The highest BCUT2D eigenvalue weighted by Crippen LogP contribution is 2.21. The van der Waals surface area contributed by atoms with Crippen LogP contribution in [-0.4, -0.2) is 53.6 Å². The molecule has 1 atom stereocenters. The summed E-state index contributed by atoms with van der Waals surface area (Å²) in [5.74, 6) is 0.721. The minimum Gasteiger partial charge on any atom is -0.497 e. The topological polar surface area (TPSA) is 77.7 Å². The summed E-state index contributed by atoms with van der Waals surface area (Å²) in [7, 11) is 1.62. The number of urea groups is 1. The van der Waals surface area contributed by atoms with Crippen molar-refractivity contribution in [1.82, 2.24) is 14.8 Å². The van der Waals surface area contributed by atoms with Crippen molar-refractivity contribution in [1.29, 1.82) is 0 Å². The number of H-pyrrole nitrogens is 1. The summed E-state index contributed by atoms with van der Waals surface area (Å²) in [5, 5.41) is 3.85. The molecule has 0 unspecified atom stereocenters. The number of hydrogen-bond donors (Lipinski definition) is 2. The summed E-state index contributed by atoms with van der Waals surface area (Å²) < 4.78 is 5.32. The third-order valence-corrected chi connectivity index (χ3v) is 6.14. The van der Waals surface area contributed by atoms with Gasteiger partial charge in [0.05, 0.1) is 13.7 Å². The number of hydrogen-bond acceptors (Lipinski definition) is 4. The fourth-order valence-corrected chi connectivity index (χ4v) is 4.40. The van der Waals surface area contributed by atoms with Crippen LogP contribution in [0.5, 0.6) is 5.75 Å². The van der Waals surface area contributed by atoms with Gasteiger partial charge in [0.1, 0.15) is 5.75 Å². The summed E-state index contributed by atoms with van der Waals surface area (Å²) in [5.41, 5.74) is 1.85. The largest absolute Gasteiger partial charge is 0.497 e.